The zero-order valence-corrected chi connectivity index (χ0v) is 11.4. The van der Waals surface area contributed by atoms with E-state index in [2.05, 4.69) is 13.8 Å². The van der Waals surface area contributed by atoms with Crippen molar-refractivity contribution >= 4 is 0 Å². The molecule has 0 aromatic rings. The summed E-state index contributed by atoms with van der Waals surface area (Å²) in [6.45, 7) is 4.58. The van der Waals surface area contributed by atoms with Crippen LogP contribution >= 0.6 is 0 Å². The van der Waals surface area contributed by atoms with Gasteiger partial charge >= 0.3 is 0 Å². The molecule has 2 atom stereocenters. The Hall–Kier alpha value is -0.0400. The number of rotatable bonds is 8. The van der Waals surface area contributed by atoms with E-state index < -0.39 is 0 Å². The highest BCUT2D eigenvalue weighted by molar-refractivity contribution is 4.92. The highest BCUT2D eigenvalue weighted by Gasteiger charge is 2.33. The van der Waals surface area contributed by atoms with Crippen molar-refractivity contribution in [3.05, 3.63) is 0 Å². The van der Waals surface area contributed by atoms with Gasteiger partial charge in [-0.15, -0.1) is 0 Å². The normalized spacial score (nSPS) is 29.8. The van der Waals surface area contributed by atoms with Crippen molar-refractivity contribution in [1.29, 1.82) is 0 Å². The van der Waals surface area contributed by atoms with Gasteiger partial charge in [0.1, 0.15) is 0 Å². The summed E-state index contributed by atoms with van der Waals surface area (Å²) in [6, 6.07) is 0. The predicted molar refractivity (Wildman–Crippen MR) is 72.5 cm³/mol. The Morgan fingerprint density at radius 3 is 2.38 bits per heavy atom. The molecule has 1 fully saturated rings. The van der Waals surface area contributed by atoms with Crippen LogP contribution in [-0.2, 0) is 0 Å². The van der Waals surface area contributed by atoms with Gasteiger partial charge < -0.3 is 5.73 Å². The Morgan fingerprint density at radius 1 is 1.06 bits per heavy atom. The first-order valence-electron chi connectivity index (χ1n) is 7.49. The van der Waals surface area contributed by atoms with E-state index in [1.807, 2.05) is 0 Å². The van der Waals surface area contributed by atoms with Crippen LogP contribution in [-0.4, -0.2) is 5.54 Å². The van der Waals surface area contributed by atoms with Crippen LogP contribution in [0, 0.1) is 5.92 Å². The lowest BCUT2D eigenvalue weighted by molar-refractivity contribution is 0.365. The third-order valence-corrected chi connectivity index (χ3v) is 4.35. The molecule has 2 N–H and O–H groups in total. The summed E-state index contributed by atoms with van der Waals surface area (Å²) in [5.41, 5.74) is 6.68. The second kappa shape index (κ2) is 7.32. The van der Waals surface area contributed by atoms with E-state index in [0.29, 0.717) is 0 Å². The van der Waals surface area contributed by atoms with E-state index in [-0.39, 0.29) is 5.54 Å². The third kappa shape index (κ3) is 4.86. The second-order valence-electron chi connectivity index (χ2n) is 5.90. The van der Waals surface area contributed by atoms with Crippen molar-refractivity contribution in [2.45, 2.75) is 90.0 Å². The Morgan fingerprint density at radius 2 is 1.75 bits per heavy atom. The standard InChI is InChI=1S/C15H31N/c1-3-5-6-7-8-9-11-15(16)12-10-14(4-2)13-15/h14H,3-13,16H2,1-2H3. The quantitative estimate of drug-likeness (QED) is 0.598. The number of unbranched alkanes of at least 4 members (excludes halogenated alkanes) is 5. The molecule has 0 heterocycles. The van der Waals surface area contributed by atoms with Crippen LogP contribution in [0.4, 0.5) is 0 Å². The summed E-state index contributed by atoms with van der Waals surface area (Å²) in [5, 5.41) is 0. The molecule has 1 rings (SSSR count). The molecule has 0 radical (unpaired) electrons. The molecule has 2 unspecified atom stereocenters. The molecule has 0 aromatic heterocycles. The first kappa shape index (κ1) is 14.0. The van der Waals surface area contributed by atoms with Gasteiger partial charge in [-0.05, 0) is 31.6 Å². The minimum atomic E-state index is 0.214. The van der Waals surface area contributed by atoms with Crippen LogP contribution in [0.1, 0.15) is 84.5 Å². The molecular weight excluding hydrogens is 194 g/mol. The fourth-order valence-electron chi connectivity index (χ4n) is 3.10. The van der Waals surface area contributed by atoms with Gasteiger partial charge in [0.2, 0.25) is 0 Å². The molecule has 0 bridgehead atoms. The Labute approximate surface area is 102 Å². The molecule has 1 aliphatic carbocycles. The summed E-state index contributed by atoms with van der Waals surface area (Å²) in [7, 11) is 0. The van der Waals surface area contributed by atoms with E-state index in [4.69, 9.17) is 5.73 Å². The maximum absolute atomic E-state index is 6.47. The monoisotopic (exact) mass is 225 g/mol. The fourth-order valence-corrected chi connectivity index (χ4v) is 3.10. The zero-order chi connectivity index (χ0) is 11.9. The lowest BCUT2D eigenvalue weighted by Crippen LogP contribution is -2.36. The van der Waals surface area contributed by atoms with Crippen LogP contribution < -0.4 is 5.73 Å². The summed E-state index contributed by atoms with van der Waals surface area (Å²) in [6.07, 6.45) is 14.9. The average molecular weight is 225 g/mol. The van der Waals surface area contributed by atoms with Crippen LogP contribution in [0.2, 0.25) is 0 Å². The number of hydrogen-bond donors (Lipinski definition) is 1. The van der Waals surface area contributed by atoms with E-state index >= 15 is 0 Å². The van der Waals surface area contributed by atoms with Gasteiger partial charge in [0, 0.05) is 5.54 Å². The third-order valence-electron chi connectivity index (χ3n) is 4.35. The van der Waals surface area contributed by atoms with Crippen molar-refractivity contribution in [1.82, 2.24) is 0 Å². The van der Waals surface area contributed by atoms with Gasteiger partial charge in [-0.2, -0.15) is 0 Å². The zero-order valence-electron chi connectivity index (χ0n) is 11.4. The lowest BCUT2D eigenvalue weighted by Gasteiger charge is -2.24. The fraction of sp³-hybridized carbons (Fsp3) is 1.00. The summed E-state index contributed by atoms with van der Waals surface area (Å²) in [5.74, 6) is 0.921. The first-order valence-corrected chi connectivity index (χ1v) is 7.49. The smallest absolute Gasteiger partial charge is 0.0157 e. The van der Waals surface area contributed by atoms with Crippen LogP contribution in [0.3, 0.4) is 0 Å². The Bertz CT molecular complexity index is 178. The molecule has 0 saturated heterocycles. The highest BCUT2D eigenvalue weighted by Crippen LogP contribution is 2.37. The molecule has 1 heteroatoms. The van der Waals surface area contributed by atoms with Crippen molar-refractivity contribution in [2.75, 3.05) is 0 Å². The van der Waals surface area contributed by atoms with E-state index in [1.165, 1.54) is 70.6 Å². The first-order chi connectivity index (χ1) is 7.70. The maximum atomic E-state index is 6.47. The van der Waals surface area contributed by atoms with Crippen molar-refractivity contribution in [3.8, 4) is 0 Å². The average Bonchev–Trinajstić information content (AvgIpc) is 2.66. The van der Waals surface area contributed by atoms with Crippen molar-refractivity contribution in [3.63, 3.8) is 0 Å². The summed E-state index contributed by atoms with van der Waals surface area (Å²) in [4.78, 5) is 0. The van der Waals surface area contributed by atoms with Crippen LogP contribution in [0.25, 0.3) is 0 Å². The topological polar surface area (TPSA) is 26.0 Å². The summed E-state index contributed by atoms with van der Waals surface area (Å²) >= 11 is 0. The van der Waals surface area contributed by atoms with Crippen LogP contribution in [0.5, 0.6) is 0 Å². The van der Waals surface area contributed by atoms with Gasteiger partial charge in [-0.3, -0.25) is 0 Å². The van der Waals surface area contributed by atoms with E-state index in [0.717, 1.165) is 5.92 Å². The van der Waals surface area contributed by atoms with Crippen molar-refractivity contribution in [2.24, 2.45) is 11.7 Å². The van der Waals surface area contributed by atoms with Gasteiger partial charge in [-0.1, -0.05) is 58.8 Å². The van der Waals surface area contributed by atoms with Gasteiger partial charge in [0.15, 0.2) is 0 Å². The molecule has 1 nitrogen and oxygen atoms in total. The maximum Gasteiger partial charge on any atom is 0.0157 e. The van der Waals surface area contributed by atoms with Gasteiger partial charge in [-0.25, -0.2) is 0 Å². The van der Waals surface area contributed by atoms with Gasteiger partial charge in [0.05, 0.1) is 0 Å². The molecule has 0 amide bonds. The summed E-state index contributed by atoms with van der Waals surface area (Å²) < 4.78 is 0. The molecule has 1 aliphatic rings. The molecule has 96 valence electrons. The minimum absolute atomic E-state index is 0.214. The molecule has 0 aliphatic heterocycles. The number of nitrogens with two attached hydrogens (primary N) is 1. The molecule has 0 aromatic carbocycles. The minimum Gasteiger partial charge on any atom is -0.325 e. The molecule has 16 heavy (non-hydrogen) atoms. The molecular formula is C15H31N. The predicted octanol–water partition coefficient (Wildman–Crippen LogP) is 4.64. The molecule has 0 spiro atoms. The SMILES string of the molecule is CCCCCCCCC1(N)CCC(CC)C1. The highest BCUT2D eigenvalue weighted by atomic mass is 14.8. The second-order valence-corrected chi connectivity index (χ2v) is 5.90. The van der Waals surface area contributed by atoms with E-state index in [9.17, 15) is 0 Å². The van der Waals surface area contributed by atoms with E-state index in [1.54, 1.807) is 0 Å². The lowest BCUT2D eigenvalue weighted by atomic mass is 9.90. The largest absolute Gasteiger partial charge is 0.325 e. The molecule has 1 saturated carbocycles. The van der Waals surface area contributed by atoms with Crippen molar-refractivity contribution < 1.29 is 0 Å². The Balaban J connectivity index is 2.04. The number of hydrogen-bond acceptors (Lipinski definition) is 1. The van der Waals surface area contributed by atoms with Gasteiger partial charge in [0.25, 0.3) is 0 Å². The van der Waals surface area contributed by atoms with Crippen LogP contribution in [0.15, 0.2) is 0 Å². The Kier molecular flexibility index (Phi) is 6.41.